The maximum atomic E-state index is 12.0. The van der Waals surface area contributed by atoms with Gasteiger partial charge in [0.2, 0.25) is 5.91 Å². The van der Waals surface area contributed by atoms with Gasteiger partial charge in [-0.3, -0.25) is 14.9 Å². The predicted octanol–water partition coefficient (Wildman–Crippen LogP) is 2.91. The van der Waals surface area contributed by atoms with Crippen molar-refractivity contribution in [3.63, 3.8) is 0 Å². The van der Waals surface area contributed by atoms with E-state index in [1.54, 1.807) is 6.07 Å². The van der Waals surface area contributed by atoms with E-state index in [0.717, 1.165) is 13.0 Å². The van der Waals surface area contributed by atoms with Crippen LogP contribution in [0, 0.1) is 16.0 Å². The number of carbonyl (C=O) groups is 1. The van der Waals surface area contributed by atoms with E-state index in [4.69, 9.17) is 4.74 Å². The minimum Gasteiger partial charge on any atom is -0.496 e. The SMILES string of the molecule is COc1ccc(NC(=O)CCN(C)CCC(C)C)c([N+](=O)[O-])c1. The van der Waals surface area contributed by atoms with Crippen LogP contribution in [0.15, 0.2) is 18.2 Å². The van der Waals surface area contributed by atoms with Crippen LogP contribution in [0.25, 0.3) is 0 Å². The Labute approximate surface area is 136 Å². The van der Waals surface area contributed by atoms with E-state index in [1.165, 1.54) is 19.2 Å². The van der Waals surface area contributed by atoms with Crippen LogP contribution in [0.5, 0.6) is 5.75 Å². The number of methoxy groups -OCH3 is 1. The highest BCUT2D eigenvalue weighted by Crippen LogP contribution is 2.28. The lowest BCUT2D eigenvalue weighted by Gasteiger charge is -2.17. The standard InChI is InChI=1S/C16H25N3O4/c1-12(2)7-9-18(3)10-8-16(20)17-14-6-5-13(23-4)11-15(14)19(21)22/h5-6,11-12H,7-10H2,1-4H3,(H,17,20). The number of benzene rings is 1. The van der Waals surface area contributed by atoms with Crippen LogP contribution >= 0.6 is 0 Å². The highest BCUT2D eigenvalue weighted by molar-refractivity contribution is 5.93. The first-order valence-electron chi connectivity index (χ1n) is 7.64. The van der Waals surface area contributed by atoms with Gasteiger partial charge in [0, 0.05) is 13.0 Å². The Morgan fingerprint density at radius 1 is 1.39 bits per heavy atom. The molecule has 0 heterocycles. The fourth-order valence-electron chi connectivity index (χ4n) is 1.99. The molecule has 7 heteroatoms. The molecule has 0 aromatic heterocycles. The molecule has 0 spiro atoms. The minimum absolute atomic E-state index is 0.175. The minimum atomic E-state index is -0.535. The fourth-order valence-corrected chi connectivity index (χ4v) is 1.99. The van der Waals surface area contributed by atoms with Crippen LogP contribution in [0.2, 0.25) is 0 Å². The van der Waals surface area contributed by atoms with Gasteiger partial charge >= 0.3 is 0 Å². The Bertz CT molecular complexity index is 546. The lowest BCUT2D eigenvalue weighted by atomic mass is 10.1. The molecule has 0 radical (unpaired) electrons. The molecule has 1 N–H and O–H groups in total. The van der Waals surface area contributed by atoms with E-state index in [2.05, 4.69) is 24.1 Å². The van der Waals surface area contributed by atoms with Gasteiger partial charge in [-0.2, -0.15) is 0 Å². The van der Waals surface area contributed by atoms with Gasteiger partial charge in [0.15, 0.2) is 0 Å². The molecule has 1 aromatic carbocycles. The molecular formula is C16H25N3O4. The first-order chi connectivity index (χ1) is 10.8. The highest BCUT2D eigenvalue weighted by atomic mass is 16.6. The number of anilines is 1. The molecule has 1 rings (SSSR count). The quantitative estimate of drug-likeness (QED) is 0.558. The zero-order chi connectivity index (χ0) is 17.4. The Balaban J connectivity index is 2.59. The summed E-state index contributed by atoms with van der Waals surface area (Å²) in [6, 6.07) is 4.36. The smallest absolute Gasteiger partial charge is 0.296 e. The Hall–Kier alpha value is -2.15. The normalized spacial score (nSPS) is 10.9. The van der Waals surface area contributed by atoms with Gasteiger partial charge in [-0.1, -0.05) is 13.8 Å². The number of ether oxygens (including phenoxy) is 1. The zero-order valence-corrected chi connectivity index (χ0v) is 14.2. The lowest BCUT2D eigenvalue weighted by Crippen LogP contribution is -2.26. The number of nitrogens with zero attached hydrogens (tertiary/aromatic N) is 2. The third-order valence-corrected chi connectivity index (χ3v) is 3.48. The Morgan fingerprint density at radius 3 is 2.65 bits per heavy atom. The average molecular weight is 323 g/mol. The summed E-state index contributed by atoms with van der Waals surface area (Å²) in [7, 11) is 3.40. The van der Waals surface area contributed by atoms with Crippen molar-refractivity contribution in [1.82, 2.24) is 4.90 Å². The third kappa shape index (κ3) is 6.65. The maximum absolute atomic E-state index is 12.0. The van der Waals surface area contributed by atoms with Gasteiger partial charge in [0.25, 0.3) is 5.69 Å². The first kappa shape index (κ1) is 18.9. The third-order valence-electron chi connectivity index (χ3n) is 3.48. The lowest BCUT2D eigenvalue weighted by molar-refractivity contribution is -0.384. The molecular weight excluding hydrogens is 298 g/mol. The summed E-state index contributed by atoms with van der Waals surface area (Å²) >= 11 is 0. The van der Waals surface area contributed by atoms with Crippen LogP contribution in [-0.4, -0.2) is 43.0 Å². The van der Waals surface area contributed by atoms with Gasteiger partial charge < -0.3 is 15.0 Å². The van der Waals surface area contributed by atoms with Gasteiger partial charge in [0.1, 0.15) is 11.4 Å². The van der Waals surface area contributed by atoms with Crippen molar-refractivity contribution in [3.8, 4) is 5.75 Å². The largest absolute Gasteiger partial charge is 0.496 e. The zero-order valence-electron chi connectivity index (χ0n) is 14.2. The molecule has 0 saturated carbocycles. The van der Waals surface area contributed by atoms with Gasteiger partial charge in [0.05, 0.1) is 18.1 Å². The topological polar surface area (TPSA) is 84.7 Å². The van der Waals surface area contributed by atoms with Crippen LogP contribution in [-0.2, 0) is 4.79 Å². The maximum Gasteiger partial charge on any atom is 0.296 e. The van der Waals surface area contributed by atoms with E-state index in [0.29, 0.717) is 18.2 Å². The highest BCUT2D eigenvalue weighted by Gasteiger charge is 2.17. The fraction of sp³-hybridized carbons (Fsp3) is 0.562. The van der Waals surface area contributed by atoms with Crippen molar-refractivity contribution >= 4 is 17.3 Å². The van der Waals surface area contributed by atoms with E-state index >= 15 is 0 Å². The van der Waals surface area contributed by atoms with Crippen molar-refractivity contribution in [3.05, 3.63) is 28.3 Å². The molecule has 0 unspecified atom stereocenters. The van der Waals surface area contributed by atoms with Gasteiger partial charge in [-0.15, -0.1) is 0 Å². The number of rotatable bonds is 9. The molecule has 0 saturated heterocycles. The number of amides is 1. The first-order valence-corrected chi connectivity index (χ1v) is 7.64. The molecule has 0 bridgehead atoms. The number of hydrogen-bond donors (Lipinski definition) is 1. The second-order valence-corrected chi connectivity index (χ2v) is 5.92. The molecule has 128 valence electrons. The second kappa shape index (κ2) is 9.09. The molecule has 23 heavy (non-hydrogen) atoms. The molecule has 7 nitrogen and oxygen atoms in total. The monoisotopic (exact) mass is 323 g/mol. The van der Waals surface area contributed by atoms with E-state index in [1.807, 2.05) is 7.05 Å². The molecule has 1 aromatic rings. The van der Waals surface area contributed by atoms with Crippen molar-refractivity contribution in [1.29, 1.82) is 0 Å². The van der Waals surface area contributed by atoms with Gasteiger partial charge in [-0.25, -0.2) is 0 Å². The second-order valence-electron chi connectivity index (χ2n) is 5.92. The average Bonchev–Trinajstić information content (AvgIpc) is 2.51. The van der Waals surface area contributed by atoms with Crippen LogP contribution < -0.4 is 10.1 Å². The molecule has 0 fully saturated rings. The predicted molar refractivity (Wildman–Crippen MR) is 89.8 cm³/mol. The molecule has 0 atom stereocenters. The Morgan fingerprint density at radius 2 is 2.09 bits per heavy atom. The summed E-state index contributed by atoms with van der Waals surface area (Å²) in [5.74, 6) is 0.756. The number of carbonyl (C=O) groups excluding carboxylic acids is 1. The number of nitro groups is 1. The van der Waals surface area contributed by atoms with Crippen molar-refractivity contribution in [2.45, 2.75) is 26.7 Å². The van der Waals surface area contributed by atoms with Crippen molar-refractivity contribution in [2.75, 3.05) is 32.6 Å². The number of nitro benzene ring substituents is 1. The van der Waals surface area contributed by atoms with Crippen LogP contribution in [0.1, 0.15) is 26.7 Å². The van der Waals surface area contributed by atoms with Gasteiger partial charge in [-0.05, 0) is 38.1 Å². The van der Waals surface area contributed by atoms with Crippen LogP contribution in [0.3, 0.4) is 0 Å². The van der Waals surface area contributed by atoms with E-state index in [-0.39, 0.29) is 23.7 Å². The summed E-state index contributed by atoms with van der Waals surface area (Å²) in [5.41, 5.74) is 0.0106. The summed E-state index contributed by atoms with van der Waals surface area (Å²) in [6.07, 6.45) is 1.36. The molecule has 0 aliphatic heterocycles. The molecule has 1 amide bonds. The molecule has 0 aliphatic rings. The van der Waals surface area contributed by atoms with Crippen LogP contribution in [0.4, 0.5) is 11.4 Å². The summed E-state index contributed by atoms with van der Waals surface area (Å²) in [4.78, 5) is 24.6. The Kier molecular flexibility index (Phi) is 7.47. The summed E-state index contributed by atoms with van der Waals surface area (Å²) in [6.45, 7) is 5.85. The van der Waals surface area contributed by atoms with Crippen molar-refractivity contribution < 1.29 is 14.5 Å². The van der Waals surface area contributed by atoms with E-state index in [9.17, 15) is 14.9 Å². The summed E-state index contributed by atoms with van der Waals surface area (Å²) in [5, 5.41) is 13.7. The number of nitrogens with one attached hydrogen (secondary N) is 1. The summed E-state index contributed by atoms with van der Waals surface area (Å²) < 4.78 is 4.97. The molecule has 0 aliphatic carbocycles. The van der Waals surface area contributed by atoms with Crippen molar-refractivity contribution in [2.24, 2.45) is 5.92 Å². The van der Waals surface area contributed by atoms with E-state index < -0.39 is 4.92 Å². The number of hydrogen-bond acceptors (Lipinski definition) is 5.